The summed E-state index contributed by atoms with van der Waals surface area (Å²) in [5, 5.41) is 3.17. The van der Waals surface area contributed by atoms with Crippen molar-refractivity contribution in [2.24, 2.45) is 0 Å². The number of hydrogen-bond donors (Lipinski definition) is 1. The number of rotatable bonds is 7. The van der Waals surface area contributed by atoms with Crippen LogP contribution in [0.5, 0.6) is 0 Å². The first-order valence-corrected chi connectivity index (χ1v) is 11.9. The Morgan fingerprint density at radius 2 is 1.77 bits per heavy atom. The SMILES string of the molecule is CC(CCc1ccccc1)NC(=O)c1cc(S(=O)(=O)N2CCN(C)CC2)ccc1Cl. The number of amides is 1. The summed E-state index contributed by atoms with van der Waals surface area (Å²) in [5.41, 5.74) is 1.38. The maximum absolute atomic E-state index is 13.0. The molecule has 2 aromatic rings. The van der Waals surface area contributed by atoms with Crippen molar-refractivity contribution in [3.8, 4) is 0 Å². The van der Waals surface area contributed by atoms with Crippen molar-refractivity contribution in [3.05, 3.63) is 64.7 Å². The summed E-state index contributed by atoms with van der Waals surface area (Å²) in [6.07, 6.45) is 1.61. The summed E-state index contributed by atoms with van der Waals surface area (Å²) >= 11 is 6.23. The molecule has 162 valence electrons. The number of nitrogens with zero attached hydrogens (tertiary/aromatic N) is 2. The molecule has 1 aliphatic heterocycles. The molecule has 0 spiro atoms. The van der Waals surface area contributed by atoms with Crippen LogP contribution in [0.4, 0.5) is 0 Å². The van der Waals surface area contributed by atoms with E-state index in [0.717, 1.165) is 12.8 Å². The number of likely N-dealkylation sites (N-methyl/N-ethyl adjacent to an activating group) is 1. The number of nitrogens with one attached hydrogen (secondary N) is 1. The zero-order valence-electron chi connectivity index (χ0n) is 17.3. The molecule has 1 saturated heterocycles. The summed E-state index contributed by atoms with van der Waals surface area (Å²) in [6, 6.07) is 14.3. The lowest BCUT2D eigenvalue weighted by atomic mass is 10.1. The Labute approximate surface area is 183 Å². The minimum absolute atomic E-state index is 0.0772. The molecule has 1 atom stereocenters. The molecule has 0 saturated carbocycles. The molecule has 2 aromatic carbocycles. The maximum Gasteiger partial charge on any atom is 0.253 e. The van der Waals surface area contributed by atoms with Crippen LogP contribution in [0.1, 0.15) is 29.3 Å². The van der Waals surface area contributed by atoms with E-state index in [2.05, 4.69) is 22.3 Å². The third kappa shape index (κ3) is 5.60. The molecule has 0 bridgehead atoms. The zero-order chi connectivity index (χ0) is 21.7. The summed E-state index contributed by atoms with van der Waals surface area (Å²) < 4.78 is 27.4. The number of aryl methyl sites for hydroxylation is 1. The lowest BCUT2D eigenvalue weighted by Gasteiger charge is -2.31. The quantitative estimate of drug-likeness (QED) is 0.705. The molecule has 1 heterocycles. The largest absolute Gasteiger partial charge is 0.350 e. The average molecular weight is 450 g/mol. The van der Waals surface area contributed by atoms with E-state index in [1.807, 2.05) is 32.2 Å². The number of piperazine rings is 1. The van der Waals surface area contributed by atoms with Gasteiger partial charge in [0, 0.05) is 32.2 Å². The molecule has 0 radical (unpaired) electrons. The first kappa shape index (κ1) is 22.7. The van der Waals surface area contributed by atoms with Crippen LogP contribution in [-0.4, -0.2) is 62.8 Å². The van der Waals surface area contributed by atoms with Crippen LogP contribution in [0, 0.1) is 0 Å². The van der Waals surface area contributed by atoms with E-state index in [1.165, 1.54) is 28.1 Å². The molecule has 3 rings (SSSR count). The minimum atomic E-state index is -3.66. The Bertz CT molecular complexity index is 974. The van der Waals surface area contributed by atoms with Crippen molar-refractivity contribution in [2.75, 3.05) is 33.2 Å². The molecule has 1 fully saturated rings. The van der Waals surface area contributed by atoms with Crippen LogP contribution in [-0.2, 0) is 16.4 Å². The van der Waals surface area contributed by atoms with Crippen molar-refractivity contribution < 1.29 is 13.2 Å². The normalized spacial score (nSPS) is 16.9. The number of benzene rings is 2. The Balaban J connectivity index is 1.68. The van der Waals surface area contributed by atoms with Crippen molar-refractivity contribution in [2.45, 2.75) is 30.7 Å². The molecule has 1 aliphatic rings. The van der Waals surface area contributed by atoms with E-state index >= 15 is 0 Å². The molecule has 0 aliphatic carbocycles. The van der Waals surface area contributed by atoms with E-state index in [1.54, 1.807) is 0 Å². The number of hydrogen-bond acceptors (Lipinski definition) is 4. The number of carbonyl (C=O) groups excluding carboxylic acids is 1. The minimum Gasteiger partial charge on any atom is -0.350 e. The summed E-state index contributed by atoms with van der Waals surface area (Å²) in [6.45, 7) is 4.15. The lowest BCUT2D eigenvalue weighted by Crippen LogP contribution is -2.47. The third-order valence-corrected chi connectivity index (χ3v) is 7.59. The second-order valence-electron chi connectivity index (χ2n) is 7.75. The first-order valence-electron chi connectivity index (χ1n) is 10.1. The van der Waals surface area contributed by atoms with Gasteiger partial charge in [-0.25, -0.2) is 8.42 Å². The monoisotopic (exact) mass is 449 g/mol. The highest BCUT2D eigenvalue weighted by atomic mass is 35.5. The molecule has 1 amide bonds. The van der Waals surface area contributed by atoms with E-state index in [0.29, 0.717) is 26.2 Å². The molecule has 1 unspecified atom stereocenters. The maximum atomic E-state index is 13.0. The molecular weight excluding hydrogens is 422 g/mol. The number of carbonyl (C=O) groups is 1. The second kappa shape index (κ2) is 9.92. The van der Waals surface area contributed by atoms with Crippen LogP contribution in [0.15, 0.2) is 53.4 Å². The van der Waals surface area contributed by atoms with Gasteiger partial charge in [0.25, 0.3) is 5.91 Å². The van der Waals surface area contributed by atoms with Gasteiger partial charge in [-0.2, -0.15) is 4.31 Å². The highest BCUT2D eigenvalue weighted by Gasteiger charge is 2.28. The highest BCUT2D eigenvalue weighted by molar-refractivity contribution is 7.89. The summed E-state index contributed by atoms with van der Waals surface area (Å²) in [5.74, 6) is -0.365. The van der Waals surface area contributed by atoms with Crippen molar-refractivity contribution in [1.29, 1.82) is 0 Å². The standard InChI is InChI=1S/C22H28ClN3O3S/c1-17(8-9-18-6-4-3-5-7-18)24-22(27)20-16-19(10-11-21(20)23)30(28,29)26-14-12-25(2)13-15-26/h3-7,10-11,16-17H,8-9,12-15H2,1-2H3,(H,24,27). The van der Waals surface area contributed by atoms with Gasteiger partial charge in [-0.1, -0.05) is 41.9 Å². The van der Waals surface area contributed by atoms with E-state index in [4.69, 9.17) is 11.6 Å². The summed E-state index contributed by atoms with van der Waals surface area (Å²) in [7, 11) is -1.70. The van der Waals surface area contributed by atoms with Crippen LogP contribution in [0.2, 0.25) is 5.02 Å². The van der Waals surface area contributed by atoms with Gasteiger partial charge in [-0.15, -0.1) is 0 Å². The van der Waals surface area contributed by atoms with Gasteiger partial charge in [0.1, 0.15) is 0 Å². The van der Waals surface area contributed by atoms with Gasteiger partial charge in [0.05, 0.1) is 15.5 Å². The van der Waals surface area contributed by atoms with Gasteiger partial charge in [0.2, 0.25) is 10.0 Å². The molecule has 30 heavy (non-hydrogen) atoms. The second-order valence-corrected chi connectivity index (χ2v) is 10.1. The van der Waals surface area contributed by atoms with Crippen LogP contribution >= 0.6 is 11.6 Å². The molecular formula is C22H28ClN3O3S. The Morgan fingerprint density at radius 3 is 2.43 bits per heavy atom. The molecule has 1 N–H and O–H groups in total. The Morgan fingerprint density at radius 1 is 1.10 bits per heavy atom. The zero-order valence-corrected chi connectivity index (χ0v) is 18.9. The van der Waals surface area contributed by atoms with Crippen molar-refractivity contribution in [1.82, 2.24) is 14.5 Å². The lowest BCUT2D eigenvalue weighted by molar-refractivity contribution is 0.0938. The fraction of sp³-hybridized carbons (Fsp3) is 0.409. The molecule has 6 nitrogen and oxygen atoms in total. The van der Waals surface area contributed by atoms with E-state index in [-0.39, 0.29) is 27.4 Å². The average Bonchev–Trinajstić information content (AvgIpc) is 2.73. The molecule has 8 heteroatoms. The Hall–Kier alpha value is -1.93. The van der Waals surface area contributed by atoms with E-state index in [9.17, 15) is 13.2 Å². The van der Waals surface area contributed by atoms with Crippen molar-refractivity contribution >= 4 is 27.5 Å². The smallest absolute Gasteiger partial charge is 0.253 e. The van der Waals surface area contributed by atoms with Crippen LogP contribution in [0.25, 0.3) is 0 Å². The van der Waals surface area contributed by atoms with Gasteiger partial charge in [-0.05, 0) is 50.6 Å². The Kier molecular flexibility index (Phi) is 7.52. The van der Waals surface area contributed by atoms with Crippen LogP contribution in [0.3, 0.4) is 0 Å². The fourth-order valence-corrected chi connectivity index (χ4v) is 5.07. The van der Waals surface area contributed by atoms with Gasteiger partial charge in [0.15, 0.2) is 0 Å². The first-order chi connectivity index (χ1) is 14.3. The van der Waals surface area contributed by atoms with Crippen molar-refractivity contribution in [3.63, 3.8) is 0 Å². The van der Waals surface area contributed by atoms with Crippen LogP contribution < -0.4 is 5.32 Å². The van der Waals surface area contributed by atoms with Gasteiger partial charge in [-0.3, -0.25) is 4.79 Å². The van der Waals surface area contributed by atoms with Gasteiger partial charge >= 0.3 is 0 Å². The third-order valence-electron chi connectivity index (χ3n) is 5.37. The fourth-order valence-electron chi connectivity index (χ4n) is 3.42. The number of halogens is 1. The predicted octanol–water partition coefficient (Wildman–Crippen LogP) is 3.03. The molecule has 0 aromatic heterocycles. The topological polar surface area (TPSA) is 69.7 Å². The van der Waals surface area contributed by atoms with Gasteiger partial charge < -0.3 is 10.2 Å². The summed E-state index contributed by atoms with van der Waals surface area (Å²) in [4.78, 5) is 15.0. The number of sulfonamides is 1. The van der Waals surface area contributed by atoms with E-state index < -0.39 is 10.0 Å². The highest BCUT2D eigenvalue weighted by Crippen LogP contribution is 2.24. The predicted molar refractivity (Wildman–Crippen MR) is 119 cm³/mol.